The van der Waals surface area contributed by atoms with Crippen LogP contribution in [-0.2, 0) is 0 Å². The van der Waals surface area contributed by atoms with E-state index in [0.29, 0.717) is 23.4 Å². The molecule has 6 rings (SSSR count). The van der Waals surface area contributed by atoms with Crippen molar-refractivity contribution in [2.24, 2.45) is 0 Å². The fourth-order valence-electron chi connectivity index (χ4n) is 6.07. The number of ether oxygens (including phenoxy) is 1. The molecule has 4 atom stereocenters. The summed E-state index contributed by atoms with van der Waals surface area (Å²) in [5, 5.41) is 23.0. The van der Waals surface area contributed by atoms with Crippen LogP contribution in [0.5, 0.6) is 11.6 Å². The summed E-state index contributed by atoms with van der Waals surface area (Å²) in [6, 6.07) is 6.13. The van der Waals surface area contributed by atoms with Crippen molar-refractivity contribution in [1.82, 2.24) is 25.5 Å². The maximum atomic E-state index is 15.8. The number of methoxy groups -OCH3 is 1. The summed E-state index contributed by atoms with van der Waals surface area (Å²) in [4.78, 5) is 10.4. The van der Waals surface area contributed by atoms with Crippen LogP contribution in [0.2, 0.25) is 0 Å². The summed E-state index contributed by atoms with van der Waals surface area (Å²) >= 11 is 0. The molecule has 0 amide bonds. The van der Waals surface area contributed by atoms with Gasteiger partial charge in [0.25, 0.3) is 0 Å². The Bertz CT molecular complexity index is 1340. The number of pyridine rings is 1. The molecule has 3 aromatic rings. The zero-order valence-electron chi connectivity index (χ0n) is 21.1. The van der Waals surface area contributed by atoms with Gasteiger partial charge in [0.05, 0.1) is 31.1 Å². The Balaban J connectivity index is 1.28. The maximum Gasteiger partial charge on any atom is 0.213 e. The van der Waals surface area contributed by atoms with E-state index >= 15 is 4.39 Å². The van der Waals surface area contributed by atoms with Gasteiger partial charge in [-0.2, -0.15) is 0 Å². The molecule has 8 nitrogen and oxygen atoms in total. The van der Waals surface area contributed by atoms with Crippen LogP contribution >= 0.6 is 0 Å². The number of piperidine rings is 1. The lowest BCUT2D eigenvalue weighted by Gasteiger charge is -2.48. The zero-order valence-corrected chi connectivity index (χ0v) is 21.1. The van der Waals surface area contributed by atoms with E-state index in [1.54, 1.807) is 18.3 Å². The first-order chi connectivity index (χ1) is 17.7. The quantitative estimate of drug-likeness (QED) is 0.505. The third-order valence-corrected chi connectivity index (χ3v) is 8.09. The minimum Gasteiger partial charge on any atom is -0.507 e. The lowest BCUT2D eigenvalue weighted by atomic mass is 9.82. The molecule has 2 saturated heterocycles. The lowest BCUT2D eigenvalue weighted by Crippen LogP contribution is -2.66. The van der Waals surface area contributed by atoms with Crippen LogP contribution in [-0.4, -0.2) is 61.7 Å². The van der Waals surface area contributed by atoms with E-state index in [9.17, 15) is 9.50 Å². The highest BCUT2D eigenvalue weighted by Gasteiger charge is 2.58. The van der Waals surface area contributed by atoms with Gasteiger partial charge in [-0.1, -0.05) is 6.07 Å². The van der Waals surface area contributed by atoms with Crippen molar-refractivity contribution in [3.05, 3.63) is 42.5 Å². The van der Waals surface area contributed by atoms with Gasteiger partial charge in [-0.05, 0) is 63.6 Å². The highest BCUT2D eigenvalue weighted by molar-refractivity contribution is 5.73. The van der Waals surface area contributed by atoms with Crippen molar-refractivity contribution in [3.8, 4) is 34.1 Å². The molecule has 4 heterocycles. The van der Waals surface area contributed by atoms with Gasteiger partial charge in [0, 0.05) is 28.7 Å². The molecule has 194 valence electrons. The SMILES string of the molecule is COc1cc(-c2ccc(-c3ncc(N(C4CC4)[C@H]4C[C@]5(C)CC[C@@](C)(N5)[C@H]4F)nn3)c(O)c2)c(F)cn1. The van der Waals surface area contributed by atoms with Gasteiger partial charge in [0.2, 0.25) is 5.88 Å². The number of aromatic hydroxyl groups is 1. The zero-order chi connectivity index (χ0) is 25.9. The molecule has 1 aromatic carbocycles. The Labute approximate surface area is 214 Å². The average molecular weight is 509 g/mol. The minimum atomic E-state index is -1.03. The number of nitrogens with one attached hydrogen (secondary N) is 1. The van der Waals surface area contributed by atoms with Crippen molar-refractivity contribution < 1.29 is 18.6 Å². The summed E-state index contributed by atoms with van der Waals surface area (Å²) in [7, 11) is 1.45. The second kappa shape index (κ2) is 8.58. The van der Waals surface area contributed by atoms with Crippen molar-refractivity contribution in [3.63, 3.8) is 0 Å². The summed E-state index contributed by atoms with van der Waals surface area (Å²) in [5.41, 5.74) is 0.437. The number of anilines is 1. The number of nitrogens with zero attached hydrogens (tertiary/aromatic N) is 5. The highest BCUT2D eigenvalue weighted by Crippen LogP contribution is 2.48. The molecule has 10 heteroatoms. The molecule has 3 aliphatic rings. The first-order valence-corrected chi connectivity index (χ1v) is 12.6. The van der Waals surface area contributed by atoms with E-state index in [2.05, 4.69) is 37.3 Å². The molecule has 2 aromatic heterocycles. The summed E-state index contributed by atoms with van der Waals surface area (Å²) in [5.74, 6) is 0.409. The molecule has 0 unspecified atom stereocenters. The van der Waals surface area contributed by atoms with Gasteiger partial charge in [0.1, 0.15) is 17.7 Å². The summed E-state index contributed by atoms with van der Waals surface area (Å²) in [6.45, 7) is 4.16. The van der Waals surface area contributed by atoms with Crippen LogP contribution in [0.4, 0.5) is 14.6 Å². The van der Waals surface area contributed by atoms with E-state index < -0.39 is 17.5 Å². The van der Waals surface area contributed by atoms with Gasteiger partial charge in [-0.15, -0.1) is 10.2 Å². The van der Waals surface area contributed by atoms with Crippen LogP contribution in [0.1, 0.15) is 46.0 Å². The Morgan fingerprint density at radius 3 is 2.57 bits per heavy atom. The van der Waals surface area contributed by atoms with Gasteiger partial charge in [-0.25, -0.2) is 18.7 Å². The van der Waals surface area contributed by atoms with Gasteiger partial charge < -0.3 is 20.1 Å². The third-order valence-electron chi connectivity index (χ3n) is 8.09. The Hall–Kier alpha value is -3.40. The molecule has 2 aliphatic heterocycles. The highest BCUT2D eigenvalue weighted by atomic mass is 19.1. The molecule has 0 radical (unpaired) electrons. The predicted molar refractivity (Wildman–Crippen MR) is 135 cm³/mol. The molecule has 37 heavy (non-hydrogen) atoms. The molecule has 2 bridgehead atoms. The molecule has 2 N–H and O–H groups in total. The van der Waals surface area contributed by atoms with Crippen LogP contribution in [0.25, 0.3) is 22.5 Å². The smallest absolute Gasteiger partial charge is 0.213 e. The number of hydrogen-bond donors (Lipinski definition) is 2. The van der Waals surface area contributed by atoms with Gasteiger partial charge in [-0.3, -0.25) is 0 Å². The first kappa shape index (κ1) is 24.0. The fourth-order valence-corrected chi connectivity index (χ4v) is 6.07. The Morgan fingerprint density at radius 2 is 1.89 bits per heavy atom. The van der Waals surface area contributed by atoms with Crippen LogP contribution in [0.15, 0.2) is 36.7 Å². The first-order valence-electron chi connectivity index (χ1n) is 12.6. The van der Waals surface area contributed by atoms with E-state index in [-0.39, 0.29) is 40.6 Å². The number of phenolic OH excluding ortho intramolecular Hbond substituents is 1. The topological polar surface area (TPSA) is 96.3 Å². The number of aromatic nitrogens is 4. The van der Waals surface area contributed by atoms with Gasteiger partial charge >= 0.3 is 0 Å². The standard InChI is InChI=1S/C27H30F2N6O2/c1-26-8-9-27(2,34-26)24(29)20(12-26)35(16-5-6-16)22-14-31-25(33-32-22)17-7-4-15(10-21(17)36)18-11-23(37-3)30-13-19(18)28/h4,7,10-11,13-14,16,20,24,34,36H,5-6,8-9,12H2,1-3H3/t20-,24-,26-,27+/m0/s1. The van der Waals surface area contributed by atoms with E-state index in [4.69, 9.17) is 4.74 Å². The third kappa shape index (κ3) is 4.17. The van der Waals surface area contributed by atoms with E-state index in [1.165, 1.54) is 19.2 Å². The Morgan fingerprint density at radius 1 is 1.08 bits per heavy atom. The molecule has 1 saturated carbocycles. The molecule has 1 aliphatic carbocycles. The average Bonchev–Trinajstić information content (AvgIpc) is 3.68. The number of hydrogen-bond acceptors (Lipinski definition) is 8. The summed E-state index contributed by atoms with van der Waals surface area (Å²) < 4.78 is 35.3. The van der Waals surface area contributed by atoms with Crippen molar-refractivity contribution in [2.45, 2.75) is 75.3 Å². The molecule has 0 spiro atoms. The van der Waals surface area contributed by atoms with Crippen LogP contribution < -0.4 is 15.0 Å². The van der Waals surface area contributed by atoms with Crippen molar-refractivity contribution in [2.75, 3.05) is 12.0 Å². The van der Waals surface area contributed by atoms with Crippen molar-refractivity contribution in [1.29, 1.82) is 0 Å². The number of halogens is 2. The molecule has 3 fully saturated rings. The summed E-state index contributed by atoms with van der Waals surface area (Å²) in [6.07, 6.45) is 6.10. The number of phenols is 1. The second-order valence-corrected chi connectivity index (χ2v) is 11.0. The normalized spacial score (nSPS) is 28.8. The Kier molecular flexibility index (Phi) is 5.56. The number of fused-ring (bicyclic) bond motifs is 2. The minimum absolute atomic E-state index is 0.0954. The maximum absolute atomic E-state index is 15.8. The van der Waals surface area contributed by atoms with Gasteiger partial charge in [0.15, 0.2) is 11.6 Å². The largest absolute Gasteiger partial charge is 0.507 e. The fraction of sp³-hybridized carbons (Fsp3) is 0.481. The lowest BCUT2D eigenvalue weighted by molar-refractivity contribution is 0.0831. The van der Waals surface area contributed by atoms with E-state index in [1.807, 2.05) is 6.92 Å². The number of benzene rings is 1. The number of alkyl halides is 1. The second-order valence-electron chi connectivity index (χ2n) is 11.0. The van der Waals surface area contributed by atoms with E-state index in [0.717, 1.165) is 31.9 Å². The monoisotopic (exact) mass is 508 g/mol. The van der Waals surface area contributed by atoms with Crippen molar-refractivity contribution >= 4 is 5.82 Å². The predicted octanol–water partition coefficient (Wildman–Crippen LogP) is 4.43. The van der Waals surface area contributed by atoms with Crippen LogP contribution in [0, 0.1) is 5.82 Å². The number of rotatable bonds is 6. The molecular weight excluding hydrogens is 478 g/mol. The van der Waals surface area contributed by atoms with Crippen LogP contribution in [0.3, 0.4) is 0 Å². The molecular formula is C27H30F2N6O2.